The lowest BCUT2D eigenvalue weighted by atomic mass is 10.0. The van der Waals surface area contributed by atoms with Gasteiger partial charge in [-0.25, -0.2) is 4.57 Å². The van der Waals surface area contributed by atoms with Gasteiger partial charge in [0.05, 0.1) is 27.7 Å². The van der Waals surface area contributed by atoms with Gasteiger partial charge in [-0.15, -0.1) is 0 Å². The summed E-state index contributed by atoms with van der Waals surface area (Å²) in [5.74, 6) is -0.854. The highest BCUT2D eigenvalue weighted by Crippen LogP contribution is 2.43. The molecule has 0 radical (unpaired) electrons. The lowest BCUT2D eigenvalue weighted by Gasteiger charge is -2.24. The van der Waals surface area contributed by atoms with Gasteiger partial charge in [0.1, 0.15) is 19.8 Å². The van der Waals surface area contributed by atoms with Crippen LogP contribution >= 0.6 is 7.82 Å². The van der Waals surface area contributed by atoms with E-state index in [9.17, 15) is 19.0 Å². The van der Waals surface area contributed by atoms with Crippen molar-refractivity contribution in [2.24, 2.45) is 0 Å². The number of esters is 2. The van der Waals surface area contributed by atoms with Crippen molar-refractivity contribution in [2.45, 2.75) is 251 Å². The Morgan fingerprint density at radius 1 is 0.470 bits per heavy atom. The van der Waals surface area contributed by atoms with E-state index >= 15 is 0 Å². The highest BCUT2D eigenvalue weighted by Gasteiger charge is 2.27. The molecule has 0 bridgehead atoms. The van der Waals surface area contributed by atoms with Crippen LogP contribution in [0.5, 0.6) is 0 Å². The van der Waals surface area contributed by atoms with E-state index in [1.54, 1.807) is 0 Å². The molecular weight excluding hydrogens is 846 g/mol. The molecule has 0 aromatic carbocycles. The van der Waals surface area contributed by atoms with Crippen LogP contribution in [-0.4, -0.2) is 74.9 Å². The Balaban J connectivity index is 4.29. The average molecular weight is 951 g/mol. The third-order valence-corrected chi connectivity index (χ3v) is 12.8. The van der Waals surface area contributed by atoms with E-state index in [1.165, 1.54) is 167 Å². The molecule has 0 heterocycles. The molecule has 0 saturated heterocycles. The Morgan fingerprint density at radius 3 is 1.26 bits per heavy atom. The Morgan fingerprint density at radius 2 is 0.833 bits per heavy atom. The summed E-state index contributed by atoms with van der Waals surface area (Å²) in [4.78, 5) is 35.6. The molecule has 0 rings (SSSR count). The molecule has 0 aliphatic carbocycles. The van der Waals surface area contributed by atoms with E-state index in [-0.39, 0.29) is 32.0 Å². The van der Waals surface area contributed by atoms with Gasteiger partial charge in [0.2, 0.25) is 0 Å². The van der Waals surface area contributed by atoms with Crippen molar-refractivity contribution in [3.8, 4) is 0 Å². The van der Waals surface area contributed by atoms with Crippen molar-refractivity contribution in [1.29, 1.82) is 0 Å². The summed E-state index contributed by atoms with van der Waals surface area (Å²) in [7, 11) is 1.45. The molecule has 0 fully saturated rings. The molecule has 9 nitrogen and oxygen atoms in total. The standard InChI is InChI=1S/C56H104NO8P/c1-6-8-10-12-14-16-18-20-22-24-26-28-30-32-34-36-38-40-42-44-46-48-55(58)62-52-54(53-64-66(60,61)63-51-50-57(3,4)5)65-56(59)49-47-45-43-41-39-37-35-33-31-29-27-25-23-21-19-17-15-13-11-9-7-2/h23,25,29,31,35,37,41,43,54H,6-22,24,26-28,30,32-34,36,38-40,42,44-53H2,1-5H3/p+1/b25-23+,31-29+,37-35+,43-41+/t54-/m1/s1. The molecule has 0 aromatic rings. The lowest BCUT2D eigenvalue weighted by molar-refractivity contribution is -0.870. The average Bonchev–Trinajstić information content (AvgIpc) is 3.27. The van der Waals surface area contributed by atoms with Crippen LogP contribution in [0, 0.1) is 0 Å². The fourth-order valence-corrected chi connectivity index (χ4v) is 8.34. The summed E-state index contributed by atoms with van der Waals surface area (Å²) >= 11 is 0. The SMILES string of the molecule is CCCCCCCCC/C=C/C/C=C/C/C=C/C/C=C/CCCC(=O)O[C@H](COC(=O)CCCCCCCCCCCCCCCCCCCCCCC)COP(=O)(O)OCC[N+](C)(C)C. The normalized spacial score (nSPS) is 13.7. The summed E-state index contributed by atoms with van der Waals surface area (Å²) in [5, 5.41) is 0. The van der Waals surface area contributed by atoms with Crippen LogP contribution in [0.3, 0.4) is 0 Å². The van der Waals surface area contributed by atoms with Crippen LogP contribution in [0.25, 0.3) is 0 Å². The molecule has 0 amide bonds. The molecule has 0 spiro atoms. The third kappa shape index (κ3) is 51.4. The third-order valence-electron chi connectivity index (χ3n) is 11.9. The molecule has 1 N–H and O–H groups in total. The predicted molar refractivity (Wildman–Crippen MR) is 280 cm³/mol. The molecule has 0 saturated carbocycles. The van der Waals surface area contributed by atoms with E-state index < -0.39 is 26.5 Å². The van der Waals surface area contributed by atoms with Gasteiger partial charge in [-0.3, -0.25) is 18.6 Å². The quantitative estimate of drug-likeness (QED) is 0.0211. The Hall–Kier alpha value is -2.03. The Kier molecular flexibility index (Phi) is 46.5. The van der Waals surface area contributed by atoms with Crippen molar-refractivity contribution in [1.82, 2.24) is 0 Å². The number of rotatable bonds is 50. The Bertz CT molecular complexity index is 1260. The number of nitrogens with zero attached hydrogens (tertiary/aromatic N) is 1. The molecule has 2 atom stereocenters. The topological polar surface area (TPSA) is 108 Å². The zero-order valence-electron chi connectivity index (χ0n) is 43.7. The van der Waals surface area contributed by atoms with Crippen LogP contribution in [0.2, 0.25) is 0 Å². The van der Waals surface area contributed by atoms with Crippen LogP contribution in [-0.2, 0) is 32.7 Å². The van der Waals surface area contributed by atoms with Gasteiger partial charge in [-0.05, 0) is 51.4 Å². The maximum absolute atomic E-state index is 12.8. The highest BCUT2D eigenvalue weighted by molar-refractivity contribution is 7.47. The van der Waals surface area contributed by atoms with Crippen LogP contribution < -0.4 is 0 Å². The number of phosphoric acid groups is 1. The molecule has 0 aromatic heterocycles. The summed E-state index contributed by atoms with van der Waals surface area (Å²) in [6.07, 6.45) is 59.0. The van der Waals surface area contributed by atoms with Crippen molar-refractivity contribution < 1.29 is 42.1 Å². The van der Waals surface area contributed by atoms with E-state index in [2.05, 4.69) is 62.5 Å². The van der Waals surface area contributed by atoms with Crippen molar-refractivity contribution in [3.63, 3.8) is 0 Å². The summed E-state index contributed by atoms with van der Waals surface area (Å²) in [5.41, 5.74) is 0. The molecule has 10 heteroatoms. The minimum absolute atomic E-state index is 0.0217. The highest BCUT2D eigenvalue weighted by atomic mass is 31.2. The summed E-state index contributed by atoms with van der Waals surface area (Å²) < 4.78 is 34.4. The van der Waals surface area contributed by atoms with Crippen molar-refractivity contribution >= 4 is 19.8 Å². The van der Waals surface area contributed by atoms with Crippen LogP contribution in [0.4, 0.5) is 0 Å². The number of hydrogen-bond acceptors (Lipinski definition) is 7. The number of ether oxygens (including phenoxy) is 2. The van der Waals surface area contributed by atoms with Crippen molar-refractivity contribution in [3.05, 3.63) is 48.6 Å². The molecular formula is C56H105NO8P+. The molecule has 0 aliphatic heterocycles. The number of likely N-dealkylation sites (N-methyl/N-ethyl adjacent to an activating group) is 1. The maximum atomic E-state index is 12.8. The number of unbranched alkanes of at least 4 members (excludes halogenated alkanes) is 28. The van der Waals surface area contributed by atoms with Crippen LogP contribution in [0.1, 0.15) is 245 Å². The molecule has 386 valence electrons. The first kappa shape index (κ1) is 64.0. The van der Waals surface area contributed by atoms with Gasteiger partial charge in [0.15, 0.2) is 6.10 Å². The number of carbonyl (C=O) groups excluding carboxylic acids is 2. The predicted octanol–water partition coefficient (Wildman–Crippen LogP) is 16.6. The lowest BCUT2D eigenvalue weighted by Crippen LogP contribution is -2.37. The fraction of sp³-hybridized carbons (Fsp3) is 0.821. The number of hydrogen-bond donors (Lipinski definition) is 1. The van der Waals surface area contributed by atoms with Gasteiger partial charge < -0.3 is 18.9 Å². The van der Waals surface area contributed by atoms with Gasteiger partial charge >= 0.3 is 19.8 Å². The van der Waals surface area contributed by atoms with E-state index in [1.807, 2.05) is 21.1 Å². The Labute approximate surface area is 407 Å². The maximum Gasteiger partial charge on any atom is 0.472 e. The van der Waals surface area contributed by atoms with Gasteiger partial charge in [-0.1, -0.05) is 229 Å². The smallest absolute Gasteiger partial charge is 0.462 e. The number of phosphoric ester groups is 1. The van der Waals surface area contributed by atoms with Gasteiger partial charge in [0.25, 0.3) is 0 Å². The van der Waals surface area contributed by atoms with Crippen LogP contribution in [0.15, 0.2) is 48.6 Å². The monoisotopic (exact) mass is 951 g/mol. The zero-order valence-corrected chi connectivity index (χ0v) is 44.6. The minimum Gasteiger partial charge on any atom is -0.462 e. The van der Waals surface area contributed by atoms with E-state index in [0.29, 0.717) is 17.4 Å². The summed E-state index contributed by atoms with van der Waals surface area (Å²) in [6, 6.07) is 0. The minimum atomic E-state index is -4.40. The van der Waals surface area contributed by atoms with Gasteiger partial charge in [-0.2, -0.15) is 0 Å². The number of quaternary nitrogens is 1. The zero-order chi connectivity index (χ0) is 48.5. The fourth-order valence-electron chi connectivity index (χ4n) is 7.60. The number of carbonyl (C=O) groups is 2. The molecule has 66 heavy (non-hydrogen) atoms. The number of allylic oxidation sites excluding steroid dienone is 8. The first-order chi connectivity index (χ1) is 32.0. The first-order valence-corrected chi connectivity index (χ1v) is 28.9. The summed E-state index contributed by atoms with van der Waals surface area (Å²) in [6.45, 7) is 4.40. The second-order valence-electron chi connectivity index (χ2n) is 19.6. The first-order valence-electron chi connectivity index (χ1n) is 27.4. The van der Waals surface area contributed by atoms with E-state index in [4.69, 9.17) is 18.5 Å². The van der Waals surface area contributed by atoms with Crippen molar-refractivity contribution in [2.75, 3.05) is 47.5 Å². The second-order valence-corrected chi connectivity index (χ2v) is 21.1. The second kappa shape index (κ2) is 48.0. The molecule has 0 aliphatic rings. The van der Waals surface area contributed by atoms with Gasteiger partial charge in [0, 0.05) is 12.8 Å². The molecule has 1 unspecified atom stereocenters. The van der Waals surface area contributed by atoms with E-state index in [0.717, 1.165) is 44.9 Å². The largest absolute Gasteiger partial charge is 0.472 e.